The van der Waals surface area contributed by atoms with Gasteiger partial charge in [-0.2, -0.15) is 0 Å². The van der Waals surface area contributed by atoms with E-state index in [9.17, 15) is 20.4 Å². The Labute approximate surface area is 162 Å². The highest BCUT2D eigenvalue weighted by Crippen LogP contribution is 2.49. The number of hydrogen-bond donors (Lipinski definition) is 4. The lowest BCUT2D eigenvalue weighted by Crippen LogP contribution is -2.58. The molecule has 27 heavy (non-hydrogen) atoms. The van der Waals surface area contributed by atoms with E-state index >= 15 is 0 Å². The number of aliphatic hydroxyl groups excluding tert-OH is 4. The molecule has 158 valence electrons. The predicted octanol–water partition coefficient (Wildman–Crippen LogP) is 1.62. The van der Waals surface area contributed by atoms with Crippen LogP contribution in [0, 0.1) is 16.7 Å². The van der Waals surface area contributed by atoms with Crippen LogP contribution in [0.5, 0.6) is 0 Å². The standard InChI is InChI=1S/C21H38O6/c1-20(2)6-5-13(9-20)26-14-7-12(21(3,4)10-14)8-15-17(23)19(25)18(24)16(11-22)27-15/h12-19,22-25H,5-11H2,1-4H3/t12?,13?,14?,15?,16-,17+,18+,19-/m1/s1. The maximum atomic E-state index is 10.4. The van der Waals surface area contributed by atoms with Crippen molar-refractivity contribution in [3.05, 3.63) is 0 Å². The molecule has 1 heterocycles. The molecule has 3 rings (SSSR count). The molecule has 4 unspecified atom stereocenters. The van der Waals surface area contributed by atoms with Gasteiger partial charge >= 0.3 is 0 Å². The highest BCUT2D eigenvalue weighted by molar-refractivity contribution is 4.98. The molecule has 4 N–H and O–H groups in total. The SMILES string of the molecule is CC1(C)CCC(OC2CC(CC3O[C@H](CO)[C@H](O)[C@H](O)[C@H]3O)C(C)(C)C2)C1. The van der Waals surface area contributed by atoms with Crippen molar-refractivity contribution in [3.63, 3.8) is 0 Å². The summed E-state index contributed by atoms with van der Waals surface area (Å²) in [5.41, 5.74) is 0.423. The van der Waals surface area contributed by atoms with Crippen LogP contribution < -0.4 is 0 Å². The first-order valence-corrected chi connectivity index (χ1v) is 10.5. The molecular weight excluding hydrogens is 348 g/mol. The van der Waals surface area contributed by atoms with Gasteiger partial charge in [0.25, 0.3) is 0 Å². The van der Waals surface area contributed by atoms with Crippen molar-refractivity contribution in [3.8, 4) is 0 Å². The molecule has 0 bridgehead atoms. The van der Waals surface area contributed by atoms with Gasteiger partial charge in [0.1, 0.15) is 24.4 Å². The highest BCUT2D eigenvalue weighted by Gasteiger charge is 2.48. The fraction of sp³-hybridized carbons (Fsp3) is 1.00. The van der Waals surface area contributed by atoms with Crippen LogP contribution >= 0.6 is 0 Å². The Hall–Kier alpha value is -0.240. The molecule has 2 saturated carbocycles. The summed E-state index contributed by atoms with van der Waals surface area (Å²) in [6.45, 7) is 8.68. The maximum absolute atomic E-state index is 10.4. The van der Waals surface area contributed by atoms with Gasteiger partial charge in [0.2, 0.25) is 0 Å². The van der Waals surface area contributed by atoms with E-state index in [0.717, 1.165) is 25.7 Å². The van der Waals surface area contributed by atoms with Crippen molar-refractivity contribution in [2.45, 2.75) is 109 Å². The predicted molar refractivity (Wildman–Crippen MR) is 101 cm³/mol. The minimum absolute atomic E-state index is 0.0532. The average Bonchev–Trinajstić information content (AvgIpc) is 3.06. The third kappa shape index (κ3) is 4.68. The fourth-order valence-corrected chi connectivity index (χ4v) is 5.41. The second kappa shape index (κ2) is 7.88. The summed E-state index contributed by atoms with van der Waals surface area (Å²) >= 11 is 0. The average molecular weight is 387 g/mol. The Kier molecular flexibility index (Phi) is 6.27. The lowest BCUT2D eigenvalue weighted by atomic mass is 9.77. The first-order valence-electron chi connectivity index (χ1n) is 10.5. The van der Waals surface area contributed by atoms with E-state index < -0.39 is 30.5 Å². The van der Waals surface area contributed by atoms with Crippen molar-refractivity contribution >= 4 is 0 Å². The molecule has 2 aliphatic carbocycles. The molecule has 0 aromatic heterocycles. The summed E-state index contributed by atoms with van der Waals surface area (Å²) < 4.78 is 12.2. The van der Waals surface area contributed by atoms with Gasteiger partial charge in [0.15, 0.2) is 0 Å². The van der Waals surface area contributed by atoms with Gasteiger partial charge in [-0.1, -0.05) is 27.7 Å². The van der Waals surface area contributed by atoms with E-state index in [2.05, 4.69) is 27.7 Å². The fourth-order valence-electron chi connectivity index (χ4n) is 5.41. The van der Waals surface area contributed by atoms with Crippen molar-refractivity contribution in [2.75, 3.05) is 6.61 Å². The normalized spacial score (nSPS) is 46.7. The Morgan fingerprint density at radius 2 is 1.59 bits per heavy atom. The van der Waals surface area contributed by atoms with E-state index in [4.69, 9.17) is 9.47 Å². The smallest absolute Gasteiger partial charge is 0.111 e. The lowest BCUT2D eigenvalue weighted by Gasteiger charge is -2.42. The van der Waals surface area contributed by atoms with Crippen LogP contribution in [0.25, 0.3) is 0 Å². The monoisotopic (exact) mass is 386 g/mol. The van der Waals surface area contributed by atoms with Crippen LogP contribution in [0.15, 0.2) is 0 Å². The topological polar surface area (TPSA) is 99.4 Å². The van der Waals surface area contributed by atoms with Gasteiger partial charge in [-0.15, -0.1) is 0 Å². The molecule has 1 saturated heterocycles. The molecule has 8 atom stereocenters. The number of rotatable bonds is 5. The van der Waals surface area contributed by atoms with Crippen LogP contribution in [0.3, 0.4) is 0 Å². The summed E-state index contributed by atoms with van der Waals surface area (Å²) in [6.07, 6.45) is 1.34. The summed E-state index contributed by atoms with van der Waals surface area (Å²) in [5, 5.41) is 39.8. The summed E-state index contributed by atoms with van der Waals surface area (Å²) in [5.74, 6) is 0.290. The van der Waals surface area contributed by atoms with Gasteiger partial charge in [-0.25, -0.2) is 0 Å². The molecule has 0 aromatic rings. The first-order chi connectivity index (χ1) is 12.5. The third-order valence-corrected chi connectivity index (χ3v) is 7.22. The first kappa shape index (κ1) is 21.5. The quantitative estimate of drug-likeness (QED) is 0.573. The molecule has 0 aromatic carbocycles. The molecule has 0 amide bonds. The van der Waals surface area contributed by atoms with E-state index in [1.165, 1.54) is 6.42 Å². The van der Waals surface area contributed by atoms with Gasteiger partial charge < -0.3 is 29.9 Å². The zero-order valence-electron chi connectivity index (χ0n) is 17.2. The summed E-state index contributed by atoms with van der Waals surface area (Å²) in [6, 6.07) is 0. The van der Waals surface area contributed by atoms with E-state index in [0.29, 0.717) is 23.9 Å². The third-order valence-electron chi connectivity index (χ3n) is 7.22. The number of ether oxygens (including phenoxy) is 2. The Balaban J connectivity index is 1.59. The Morgan fingerprint density at radius 3 is 2.19 bits per heavy atom. The van der Waals surface area contributed by atoms with Crippen LogP contribution in [-0.4, -0.2) is 69.8 Å². The van der Waals surface area contributed by atoms with Crippen LogP contribution in [0.2, 0.25) is 0 Å². The van der Waals surface area contributed by atoms with Gasteiger partial charge in [0, 0.05) is 0 Å². The summed E-state index contributed by atoms with van der Waals surface area (Å²) in [4.78, 5) is 0. The van der Waals surface area contributed by atoms with Crippen LogP contribution in [-0.2, 0) is 9.47 Å². The van der Waals surface area contributed by atoms with E-state index in [1.807, 2.05) is 0 Å². The molecule has 3 aliphatic rings. The second-order valence-electron chi connectivity index (χ2n) is 10.5. The largest absolute Gasteiger partial charge is 0.394 e. The number of hydrogen-bond acceptors (Lipinski definition) is 6. The van der Waals surface area contributed by atoms with Crippen molar-refractivity contribution in [1.82, 2.24) is 0 Å². The Bertz CT molecular complexity index is 505. The molecule has 3 fully saturated rings. The second-order valence-corrected chi connectivity index (χ2v) is 10.5. The molecular formula is C21H38O6. The molecule has 0 radical (unpaired) electrons. The lowest BCUT2D eigenvalue weighted by molar-refractivity contribution is -0.233. The minimum atomic E-state index is -1.29. The van der Waals surface area contributed by atoms with Crippen molar-refractivity contribution < 1.29 is 29.9 Å². The van der Waals surface area contributed by atoms with E-state index in [1.54, 1.807) is 0 Å². The number of aliphatic hydroxyl groups is 4. The zero-order valence-corrected chi connectivity index (χ0v) is 17.2. The van der Waals surface area contributed by atoms with Crippen LogP contribution in [0.1, 0.15) is 66.2 Å². The van der Waals surface area contributed by atoms with Gasteiger partial charge in [0.05, 0.1) is 24.9 Å². The zero-order chi connectivity index (χ0) is 20.0. The summed E-state index contributed by atoms with van der Waals surface area (Å²) in [7, 11) is 0. The van der Waals surface area contributed by atoms with Gasteiger partial charge in [-0.3, -0.25) is 0 Å². The highest BCUT2D eigenvalue weighted by atomic mass is 16.5. The van der Waals surface area contributed by atoms with Crippen LogP contribution in [0.4, 0.5) is 0 Å². The van der Waals surface area contributed by atoms with Crippen molar-refractivity contribution in [1.29, 1.82) is 0 Å². The maximum Gasteiger partial charge on any atom is 0.111 e. The molecule has 6 nitrogen and oxygen atoms in total. The molecule has 1 aliphatic heterocycles. The Morgan fingerprint density at radius 1 is 0.926 bits per heavy atom. The van der Waals surface area contributed by atoms with Gasteiger partial charge in [-0.05, 0) is 55.3 Å². The van der Waals surface area contributed by atoms with Crippen molar-refractivity contribution in [2.24, 2.45) is 16.7 Å². The van der Waals surface area contributed by atoms with E-state index in [-0.39, 0.29) is 18.1 Å². The molecule has 6 heteroatoms. The molecule has 0 spiro atoms. The minimum Gasteiger partial charge on any atom is -0.394 e.